The zero-order valence-electron chi connectivity index (χ0n) is 17.0. The Balaban J connectivity index is 1.44. The standard InChI is InChI=1S/C21H32FN3O3/c1-23-21(24-13-16-5-6-20(22)17(12-16)14-26-2)25-9-7-18(8-10-25)28-15-19-4-3-11-27-19/h5-6,12,18-19H,3-4,7-11,13-15H2,1-2H3,(H,23,24). The van der Waals surface area contributed by atoms with Crippen LogP contribution in [0.5, 0.6) is 0 Å². The smallest absolute Gasteiger partial charge is 0.193 e. The van der Waals surface area contributed by atoms with Gasteiger partial charge in [0.2, 0.25) is 0 Å². The fraction of sp³-hybridized carbons (Fsp3) is 0.667. The molecule has 7 heteroatoms. The van der Waals surface area contributed by atoms with Crippen molar-refractivity contribution in [3.8, 4) is 0 Å². The number of likely N-dealkylation sites (tertiary alicyclic amines) is 1. The molecule has 1 aromatic carbocycles. The van der Waals surface area contributed by atoms with Crippen molar-refractivity contribution in [1.82, 2.24) is 10.2 Å². The van der Waals surface area contributed by atoms with E-state index in [1.807, 2.05) is 6.07 Å². The Kier molecular flexibility index (Phi) is 8.06. The molecule has 1 unspecified atom stereocenters. The Morgan fingerprint density at radius 2 is 2.14 bits per heavy atom. The Labute approximate surface area is 167 Å². The molecule has 0 aliphatic carbocycles. The highest BCUT2D eigenvalue weighted by Gasteiger charge is 2.24. The lowest BCUT2D eigenvalue weighted by Crippen LogP contribution is -2.47. The Morgan fingerprint density at radius 1 is 1.32 bits per heavy atom. The molecule has 156 valence electrons. The van der Waals surface area contributed by atoms with Gasteiger partial charge < -0.3 is 24.4 Å². The number of rotatable bonds is 7. The van der Waals surface area contributed by atoms with Crippen LogP contribution in [0, 0.1) is 5.82 Å². The first-order valence-electron chi connectivity index (χ1n) is 10.1. The van der Waals surface area contributed by atoms with E-state index in [0.29, 0.717) is 24.8 Å². The summed E-state index contributed by atoms with van der Waals surface area (Å²) in [4.78, 5) is 6.66. The van der Waals surface area contributed by atoms with Crippen LogP contribution in [-0.4, -0.2) is 63.5 Å². The lowest BCUT2D eigenvalue weighted by Gasteiger charge is -2.34. The monoisotopic (exact) mass is 393 g/mol. The Hall–Kier alpha value is -1.70. The van der Waals surface area contributed by atoms with Gasteiger partial charge in [0.05, 0.1) is 25.4 Å². The minimum Gasteiger partial charge on any atom is -0.380 e. The van der Waals surface area contributed by atoms with Crippen LogP contribution in [0.25, 0.3) is 0 Å². The number of benzene rings is 1. The van der Waals surface area contributed by atoms with E-state index in [2.05, 4.69) is 15.2 Å². The first kappa shape index (κ1) is 21.0. The number of halogens is 1. The number of piperidine rings is 1. The van der Waals surface area contributed by atoms with Gasteiger partial charge in [0, 0.05) is 46.0 Å². The molecule has 0 radical (unpaired) electrons. The highest BCUT2D eigenvalue weighted by atomic mass is 19.1. The summed E-state index contributed by atoms with van der Waals surface area (Å²) in [7, 11) is 3.36. The summed E-state index contributed by atoms with van der Waals surface area (Å²) < 4.78 is 30.5. The van der Waals surface area contributed by atoms with E-state index in [0.717, 1.165) is 56.9 Å². The Bertz CT molecular complexity index is 642. The molecule has 1 atom stereocenters. The summed E-state index contributed by atoms with van der Waals surface area (Å²) in [6.45, 7) is 4.27. The van der Waals surface area contributed by atoms with Gasteiger partial charge in [0.25, 0.3) is 0 Å². The molecule has 0 saturated carbocycles. The van der Waals surface area contributed by atoms with Crippen LogP contribution in [0.4, 0.5) is 4.39 Å². The van der Waals surface area contributed by atoms with E-state index >= 15 is 0 Å². The lowest BCUT2D eigenvalue weighted by molar-refractivity contribution is -0.0367. The number of methoxy groups -OCH3 is 1. The Morgan fingerprint density at radius 3 is 2.82 bits per heavy atom. The van der Waals surface area contributed by atoms with Gasteiger partial charge in [-0.05, 0) is 43.4 Å². The normalized spacial score (nSPS) is 21.3. The average Bonchev–Trinajstić information content (AvgIpc) is 3.24. The van der Waals surface area contributed by atoms with Crippen molar-refractivity contribution in [1.29, 1.82) is 0 Å². The molecule has 2 aliphatic rings. The van der Waals surface area contributed by atoms with Gasteiger partial charge in [0.1, 0.15) is 5.82 Å². The topological polar surface area (TPSA) is 55.3 Å². The molecule has 1 N–H and O–H groups in total. The quantitative estimate of drug-likeness (QED) is 0.570. The molecular formula is C21H32FN3O3. The summed E-state index contributed by atoms with van der Waals surface area (Å²) in [6.07, 6.45) is 4.82. The molecule has 0 bridgehead atoms. The van der Waals surface area contributed by atoms with Crippen LogP contribution >= 0.6 is 0 Å². The molecule has 2 saturated heterocycles. The molecule has 0 spiro atoms. The number of ether oxygens (including phenoxy) is 3. The van der Waals surface area contributed by atoms with E-state index in [1.165, 1.54) is 6.07 Å². The third kappa shape index (κ3) is 5.90. The molecule has 6 nitrogen and oxygen atoms in total. The first-order chi connectivity index (χ1) is 13.7. The number of aliphatic imine (C=N–C) groups is 1. The van der Waals surface area contributed by atoms with Crippen molar-refractivity contribution in [3.05, 3.63) is 35.1 Å². The van der Waals surface area contributed by atoms with Crippen LogP contribution in [-0.2, 0) is 27.4 Å². The van der Waals surface area contributed by atoms with Gasteiger partial charge in [-0.3, -0.25) is 4.99 Å². The number of hydrogen-bond donors (Lipinski definition) is 1. The van der Waals surface area contributed by atoms with E-state index < -0.39 is 0 Å². The van der Waals surface area contributed by atoms with E-state index in [4.69, 9.17) is 14.2 Å². The molecule has 2 aliphatic heterocycles. The van der Waals surface area contributed by atoms with Gasteiger partial charge in [-0.15, -0.1) is 0 Å². The van der Waals surface area contributed by atoms with Crippen LogP contribution < -0.4 is 5.32 Å². The maximum Gasteiger partial charge on any atom is 0.193 e. The number of guanidine groups is 1. The number of hydrogen-bond acceptors (Lipinski definition) is 4. The minimum absolute atomic E-state index is 0.236. The van der Waals surface area contributed by atoms with Gasteiger partial charge in [-0.25, -0.2) is 4.39 Å². The zero-order chi connectivity index (χ0) is 19.8. The second-order valence-corrected chi connectivity index (χ2v) is 7.41. The average molecular weight is 394 g/mol. The molecule has 1 aromatic rings. The first-order valence-corrected chi connectivity index (χ1v) is 10.1. The van der Waals surface area contributed by atoms with Crippen molar-refractivity contribution >= 4 is 5.96 Å². The summed E-state index contributed by atoms with van der Waals surface area (Å²) >= 11 is 0. The van der Waals surface area contributed by atoms with Crippen LogP contribution in [0.15, 0.2) is 23.2 Å². The molecule has 28 heavy (non-hydrogen) atoms. The predicted molar refractivity (Wildman–Crippen MR) is 107 cm³/mol. The summed E-state index contributed by atoms with van der Waals surface area (Å²) in [5, 5.41) is 3.39. The van der Waals surface area contributed by atoms with Crippen LogP contribution in [0.1, 0.15) is 36.8 Å². The van der Waals surface area contributed by atoms with Gasteiger partial charge in [-0.1, -0.05) is 6.07 Å². The van der Waals surface area contributed by atoms with Gasteiger partial charge in [-0.2, -0.15) is 0 Å². The zero-order valence-corrected chi connectivity index (χ0v) is 17.0. The SMILES string of the molecule is CN=C(NCc1ccc(F)c(COC)c1)N1CCC(OCC2CCCO2)CC1. The molecule has 2 fully saturated rings. The summed E-state index contributed by atoms with van der Waals surface area (Å²) in [5.41, 5.74) is 1.57. The highest BCUT2D eigenvalue weighted by molar-refractivity contribution is 5.79. The maximum atomic E-state index is 13.8. The van der Waals surface area contributed by atoms with E-state index in [-0.39, 0.29) is 18.5 Å². The van der Waals surface area contributed by atoms with E-state index in [9.17, 15) is 4.39 Å². The van der Waals surface area contributed by atoms with Gasteiger partial charge >= 0.3 is 0 Å². The molecular weight excluding hydrogens is 361 g/mol. The summed E-state index contributed by atoms with van der Waals surface area (Å²) in [6, 6.07) is 5.12. The van der Waals surface area contributed by atoms with Crippen molar-refractivity contribution in [3.63, 3.8) is 0 Å². The van der Waals surface area contributed by atoms with Crippen LogP contribution in [0.3, 0.4) is 0 Å². The van der Waals surface area contributed by atoms with Crippen molar-refractivity contribution in [2.75, 3.05) is 40.5 Å². The fourth-order valence-electron chi connectivity index (χ4n) is 3.77. The number of nitrogens with one attached hydrogen (secondary N) is 1. The lowest BCUT2D eigenvalue weighted by atomic mass is 10.1. The molecule has 2 heterocycles. The van der Waals surface area contributed by atoms with Crippen molar-refractivity contribution in [2.24, 2.45) is 4.99 Å². The van der Waals surface area contributed by atoms with Crippen molar-refractivity contribution in [2.45, 2.75) is 51.0 Å². The van der Waals surface area contributed by atoms with Crippen molar-refractivity contribution < 1.29 is 18.6 Å². The van der Waals surface area contributed by atoms with Crippen LogP contribution in [0.2, 0.25) is 0 Å². The largest absolute Gasteiger partial charge is 0.380 e. The maximum absolute atomic E-state index is 13.8. The third-order valence-corrected chi connectivity index (χ3v) is 5.36. The predicted octanol–water partition coefficient (Wildman–Crippen LogP) is 2.71. The molecule has 0 aromatic heterocycles. The molecule has 0 amide bonds. The second kappa shape index (κ2) is 10.7. The van der Waals surface area contributed by atoms with Gasteiger partial charge in [0.15, 0.2) is 5.96 Å². The summed E-state index contributed by atoms with van der Waals surface area (Å²) in [5.74, 6) is 0.634. The minimum atomic E-state index is -0.236. The van der Waals surface area contributed by atoms with E-state index in [1.54, 1.807) is 20.2 Å². The third-order valence-electron chi connectivity index (χ3n) is 5.36. The molecule has 3 rings (SSSR count). The highest BCUT2D eigenvalue weighted by Crippen LogP contribution is 2.18. The fourth-order valence-corrected chi connectivity index (χ4v) is 3.77. The second-order valence-electron chi connectivity index (χ2n) is 7.41. The number of nitrogens with zero attached hydrogens (tertiary/aromatic N) is 2.